The standard InChI is InChI=1S/C13H11NO4S/c1-19(17,18)13-5-3-2-4-12(13)10-6-8-11(9-7-10)14(15)16/h2-9H,1H3. The van der Waals surface area contributed by atoms with Crippen molar-refractivity contribution in [1.29, 1.82) is 0 Å². The Balaban J connectivity index is 2.57. The number of hydrogen-bond donors (Lipinski definition) is 0. The van der Waals surface area contributed by atoms with Crippen LogP contribution in [-0.2, 0) is 9.84 Å². The zero-order valence-electron chi connectivity index (χ0n) is 10.1. The molecule has 0 fully saturated rings. The predicted molar refractivity (Wildman–Crippen MR) is 71.6 cm³/mol. The molecule has 98 valence electrons. The van der Waals surface area contributed by atoms with Crippen LogP contribution in [-0.4, -0.2) is 19.6 Å². The Morgan fingerprint density at radius 2 is 1.58 bits per heavy atom. The summed E-state index contributed by atoms with van der Waals surface area (Å²) in [4.78, 5) is 10.3. The van der Waals surface area contributed by atoms with Crippen molar-refractivity contribution in [1.82, 2.24) is 0 Å². The van der Waals surface area contributed by atoms with E-state index < -0.39 is 14.8 Å². The molecule has 6 heteroatoms. The molecule has 0 amide bonds. The van der Waals surface area contributed by atoms with E-state index in [1.165, 1.54) is 18.2 Å². The lowest BCUT2D eigenvalue weighted by atomic mass is 10.1. The lowest BCUT2D eigenvalue weighted by Gasteiger charge is -2.07. The number of rotatable bonds is 3. The van der Waals surface area contributed by atoms with Crippen LogP contribution in [0.3, 0.4) is 0 Å². The lowest BCUT2D eigenvalue weighted by molar-refractivity contribution is -0.384. The first-order chi connectivity index (χ1) is 8.89. The maximum absolute atomic E-state index is 11.7. The zero-order valence-corrected chi connectivity index (χ0v) is 10.9. The van der Waals surface area contributed by atoms with Gasteiger partial charge >= 0.3 is 0 Å². The normalized spacial score (nSPS) is 11.2. The molecule has 2 rings (SSSR count). The number of benzene rings is 2. The number of nitrogens with zero attached hydrogens (tertiary/aromatic N) is 1. The van der Waals surface area contributed by atoms with Gasteiger partial charge in [-0.3, -0.25) is 10.1 Å². The van der Waals surface area contributed by atoms with E-state index in [4.69, 9.17) is 0 Å². The fourth-order valence-corrected chi connectivity index (χ4v) is 2.70. The quantitative estimate of drug-likeness (QED) is 0.638. The Morgan fingerprint density at radius 1 is 1.00 bits per heavy atom. The van der Waals surface area contributed by atoms with Crippen molar-refractivity contribution in [2.45, 2.75) is 4.90 Å². The van der Waals surface area contributed by atoms with E-state index in [0.29, 0.717) is 11.1 Å². The van der Waals surface area contributed by atoms with Gasteiger partial charge in [-0.15, -0.1) is 0 Å². The molecule has 0 saturated carbocycles. The summed E-state index contributed by atoms with van der Waals surface area (Å²) in [5.74, 6) is 0. The third kappa shape index (κ3) is 2.79. The largest absolute Gasteiger partial charge is 0.269 e. The fourth-order valence-electron chi connectivity index (χ4n) is 1.79. The molecule has 0 saturated heterocycles. The molecule has 0 unspecified atom stereocenters. The van der Waals surface area contributed by atoms with Crippen LogP contribution in [0.4, 0.5) is 5.69 Å². The molecular weight excluding hydrogens is 266 g/mol. The summed E-state index contributed by atoms with van der Waals surface area (Å²) in [6, 6.07) is 12.4. The summed E-state index contributed by atoms with van der Waals surface area (Å²) in [5, 5.41) is 10.6. The third-order valence-electron chi connectivity index (χ3n) is 2.68. The zero-order chi connectivity index (χ0) is 14.0. The molecule has 0 aromatic heterocycles. The van der Waals surface area contributed by atoms with Gasteiger partial charge in [0.1, 0.15) is 0 Å². The highest BCUT2D eigenvalue weighted by molar-refractivity contribution is 7.90. The minimum atomic E-state index is -3.34. The van der Waals surface area contributed by atoms with Crippen LogP contribution in [0.15, 0.2) is 53.4 Å². The summed E-state index contributed by atoms with van der Waals surface area (Å²) in [6.07, 6.45) is 1.14. The van der Waals surface area contributed by atoms with Gasteiger partial charge in [0, 0.05) is 24.0 Å². The molecule has 0 aliphatic rings. The Kier molecular flexibility index (Phi) is 3.35. The molecular formula is C13H11NO4S. The Morgan fingerprint density at radius 3 is 2.11 bits per heavy atom. The Labute approximate surface area is 110 Å². The van der Waals surface area contributed by atoms with Gasteiger partial charge in [-0.05, 0) is 23.8 Å². The first-order valence-electron chi connectivity index (χ1n) is 5.43. The maximum atomic E-state index is 11.7. The van der Waals surface area contributed by atoms with Crippen LogP contribution in [0, 0.1) is 10.1 Å². The monoisotopic (exact) mass is 277 g/mol. The molecule has 0 heterocycles. The van der Waals surface area contributed by atoms with Crippen LogP contribution in [0.25, 0.3) is 11.1 Å². The minimum absolute atomic E-state index is 0.0272. The highest BCUT2D eigenvalue weighted by atomic mass is 32.2. The number of nitro groups is 1. The molecule has 0 atom stereocenters. The molecule has 2 aromatic carbocycles. The van der Waals surface area contributed by atoms with Crippen LogP contribution in [0.5, 0.6) is 0 Å². The second kappa shape index (κ2) is 4.81. The van der Waals surface area contributed by atoms with E-state index in [9.17, 15) is 18.5 Å². The van der Waals surface area contributed by atoms with Crippen molar-refractivity contribution >= 4 is 15.5 Å². The van der Waals surface area contributed by atoms with E-state index in [2.05, 4.69) is 0 Å². The Hall–Kier alpha value is -2.21. The molecule has 0 N–H and O–H groups in total. The predicted octanol–water partition coefficient (Wildman–Crippen LogP) is 2.67. The lowest BCUT2D eigenvalue weighted by Crippen LogP contribution is -1.99. The van der Waals surface area contributed by atoms with Crippen molar-refractivity contribution in [3.05, 3.63) is 58.6 Å². The molecule has 0 aliphatic carbocycles. The van der Waals surface area contributed by atoms with Crippen molar-refractivity contribution in [3.63, 3.8) is 0 Å². The van der Waals surface area contributed by atoms with Gasteiger partial charge in [-0.1, -0.05) is 18.2 Å². The highest BCUT2D eigenvalue weighted by Crippen LogP contribution is 2.28. The Bertz CT molecular complexity index is 721. The van der Waals surface area contributed by atoms with E-state index in [1.807, 2.05) is 0 Å². The number of non-ortho nitro benzene ring substituents is 1. The van der Waals surface area contributed by atoms with Crippen LogP contribution in [0.1, 0.15) is 0 Å². The number of nitro benzene ring substituents is 1. The second-order valence-electron chi connectivity index (χ2n) is 4.07. The van der Waals surface area contributed by atoms with E-state index in [1.54, 1.807) is 30.3 Å². The summed E-state index contributed by atoms with van der Waals surface area (Å²) < 4.78 is 23.4. The van der Waals surface area contributed by atoms with Gasteiger partial charge in [0.2, 0.25) is 0 Å². The number of hydrogen-bond acceptors (Lipinski definition) is 4. The SMILES string of the molecule is CS(=O)(=O)c1ccccc1-c1ccc([N+](=O)[O-])cc1. The first-order valence-corrected chi connectivity index (χ1v) is 7.32. The average molecular weight is 277 g/mol. The van der Waals surface area contributed by atoms with E-state index in [-0.39, 0.29) is 10.6 Å². The van der Waals surface area contributed by atoms with Gasteiger partial charge in [0.05, 0.1) is 9.82 Å². The van der Waals surface area contributed by atoms with Crippen molar-refractivity contribution < 1.29 is 13.3 Å². The topological polar surface area (TPSA) is 77.3 Å². The molecule has 0 radical (unpaired) electrons. The maximum Gasteiger partial charge on any atom is 0.269 e. The minimum Gasteiger partial charge on any atom is -0.258 e. The van der Waals surface area contributed by atoms with Gasteiger partial charge in [0.15, 0.2) is 9.84 Å². The van der Waals surface area contributed by atoms with Gasteiger partial charge in [0.25, 0.3) is 5.69 Å². The van der Waals surface area contributed by atoms with Crippen molar-refractivity contribution in [3.8, 4) is 11.1 Å². The second-order valence-corrected chi connectivity index (χ2v) is 6.06. The van der Waals surface area contributed by atoms with E-state index in [0.717, 1.165) is 6.26 Å². The third-order valence-corrected chi connectivity index (χ3v) is 3.83. The first kappa shape index (κ1) is 13.2. The van der Waals surface area contributed by atoms with Crippen molar-refractivity contribution in [2.24, 2.45) is 0 Å². The summed E-state index contributed by atoms with van der Waals surface area (Å²) >= 11 is 0. The number of sulfone groups is 1. The molecule has 0 spiro atoms. The van der Waals surface area contributed by atoms with Gasteiger partial charge in [-0.25, -0.2) is 8.42 Å². The molecule has 2 aromatic rings. The van der Waals surface area contributed by atoms with Crippen LogP contribution in [0.2, 0.25) is 0 Å². The summed E-state index contributed by atoms with van der Waals surface area (Å²) in [7, 11) is -3.34. The van der Waals surface area contributed by atoms with Crippen LogP contribution < -0.4 is 0 Å². The molecule has 0 bridgehead atoms. The molecule has 19 heavy (non-hydrogen) atoms. The smallest absolute Gasteiger partial charge is 0.258 e. The van der Waals surface area contributed by atoms with E-state index >= 15 is 0 Å². The van der Waals surface area contributed by atoms with Crippen molar-refractivity contribution in [2.75, 3.05) is 6.26 Å². The van der Waals surface area contributed by atoms with Gasteiger partial charge < -0.3 is 0 Å². The summed E-state index contributed by atoms with van der Waals surface area (Å²) in [5.41, 5.74) is 1.15. The molecule has 5 nitrogen and oxygen atoms in total. The van der Waals surface area contributed by atoms with Gasteiger partial charge in [-0.2, -0.15) is 0 Å². The summed E-state index contributed by atoms with van der Waals surface area (Å²) in [6.45, 7) is 0. The average Bonchev–Trinajstić information content (AvgIpc) is 2.38. The molecule has 0 aliphatic heterocycles. The fraction of sp³-hybridized carbons (Fsp3) is 0.0769. The van der Waals surface area contributed by atoms with Crippen LogP contribution >= 0.6 is 0 Å². The highest BCUT2D eigenvalue weighted by Gasteiger charge is 2.14.